The van der Waals surface area contributed by atoms with Gasteiger partial charge in [0, 0.05) is 22.0 Å². The van der Waals surface area contributed by atoms with Gasteiger partial charge in [0.2, 0.25) is 0 Å². The third kappa shape index (κ3) is 4.34. The fourth-order valence-corrected chi connectivity index (χ4v) is 3.48. The van der Waals surface area contributed by atoms with E-state index in [0.29, 0.717) is 16.4 Å². The van der Waals surface area contributed by atoms with E-state index in [4.69, 9.17) is 23.2 Å². The fourth-order valence-electron chi connectivity index (χ4n) is 3.08. The van der Waals surface area contributed by atoms with E-state index in [1.165, 1.54) is 36.4 Å². The lowest BCUT2D eigenvalue weighted by Gasteiger charge is -2.15. The van der Waals surface area contributed by atoms with E-state index in [-0.39, 0.29) is 22.0 Å². The standard InChI is InChI=1S/C23H14Cl2FN3O3/c24-14-4-2-6-18(12-14)29-22(31)19(25)20(23(29)32)27-17-5-1-3-13(11-17)21(30)28-16-9-7-15(26)8-10-16/h1-12,27H,(H,28,30). The number of hydrogen-bond donors (Lipinski definition) is 2. The number of hydrogen-bond acceptors (Lipinski definition) is 4. The second-order valence-corrected chi connectivity index (χ2v) is 7.60. The van der Waals surface area contributed by atoms with Crippen LogP contribution in [0.25, 0.3) is 0 Å². The van der Waals surface area contributed by atoms with Crippen molar-refractivity contribution in [1.82, 2.24) is 0 Å². The van der Waals surface area contributed by atoms with Gasteiger partial charge in [-0.2, -0.15) is 0 Å². The van der Waals surface area contributed by atoms with Crippen molar-refractivity contribution < 1.29 is 18.8 Å². The van der Waals surface area contributed by atoms with E-state index < -0.39 is 23.5 Å². The van der Waals surface area contributed by atoms with Crippen LogP contribution >= 0.6 is 23.2 Å². The molecule has 0 fully saturated rings. The molecular formula is C23H14Cl2FN3O3. The lowest BCUT2D eigenvalue weighted by molar-refractivity contribution is -0.120. The van der Waals surface area contributed by atoms with Crippen LogP contribution in [-0.4, -0.2) is 17.7 Å². The lowest BCUT2D eigenvalue weighted by atomic mass is 10.1. The Morgan fingerprint density at radius 2 is 1.56 bits per heavy atom. The van der Waals surface area contributed by atoms with Gasteiger partial charge in [0.1, 0.15) is 16.5 Å². The highest BCUT2D eigenvalue weighted by molar-refractivity contribution is 6.53. The Kier molecular flexibility index (Phi) is 5.94. The van der Waals surface area contributed by atoms with E-state index in [2.05, 4.69) is 10.6 Å². The first kappa shape index (κ1) is 21.5. The molecule has 0 aromatic heterocycles. The summed E-state index contributed by atoms with van der Waals surface area (Å²) in [6, 6.07) is 17.9. The van der Waals surface area contributed by atoms with Crippen LogP contribution in [0.1, 0.15) is 10.4 Å². The molecule has 4 rings (SSSR count). The monoisotopic (exact) mass is 469 g/mol. The minimum atomic E-state index is -0.688. The van der Waals surface area contributed by atoms with Crippen LogP contribution in [0.15, 0.2) is 83.5 Å². The van der Waals surface area contributed by atoms with Crippen LogP contribution in [-0.2, 0) is 9.59 Å². The number of nitrogens with zero attached hydrogens (tertiary/aromatic N) is 1. The summed E-state index contributed by atoms with van der Waals surface area (Å²) in [5.74, 6) is -2.19. The normalized spacial score (nSPS) is 13.5. The molecule has 32 heavy (non-hydrogen) atoms. The zero-order chi connectivity index (χ0) is 22.8. The number of amides is 3. The van der Waals surface area contributed by atoms with Gasteiger partial charge in [0.05, 0.1) is 5.69 Å². The number of carbonyl (C=O) groups is 3. The molecule has 2 N–H and O–H groups in total. The van der Waals surface area contributed by atoms with Crippen molar-refractivity contribution in [1.29, 1.82) is 0 Å². The first-order chi connectivity index (χ1) is 15.3. The van der Waals surface area contributed by atoms with Crippen molar-refractivity contribution in [3.8, 4) is 0 Å². The van der Waals surface area contributed by atoms with Gasteiger partial charge < -0.3 is 10.6 Å². The van der Waals surface area contributed by atoms with E-state index in [0.717, 1.165) is 4.90 Å². The highest BCUT2D eigenvalue weighted by atomic mass is 35.5. The summed E-state index contributed by atoms with van der Waals surface area (Å²) in [5.41, 5.74) is 1.25. The number of nitrogens with one attached hydrogen (secondary N) is 2. The first-order valence-corrected chi connectivity index (χ1v) is 10.1. The molecule has 3 amide bonds. The summed E-state index contributed by atoms with van der Waals surface area (Å²) in [6.07, 6.45) is 0. The molecular weight excluding hydrogens is 456 g/mol. The van der Waals surface area contributed by atoms with E-state index >= 15 is 0 Å². The molecule has 0 saturated carbocycles. The van der Waals surface area contributed by atoms with Gasteiger partial charge in [-0.1, -0.05) is 35.3 Å². The summed E-state index contributed by atoms with van der Waals surface area (Å²) in [7, 11) is 0. The van der Waals surface area contributed by atoms with Crippen molar-refractivity contribution in [3.63, 3.8) is 0 Å². The van der Waals surface area contributed by atoms with Crippen LogP contribution < -0.4 is 15.5 Å². The molecule has 0 unspecified atom stereocenters. The second kappa shape index (κ2) is 8.82. The summed E-state index contributed by atoms with van der Waals surface area (Å²) in [5, 5.41) is 5.56. The van der Waals surface area contributed by atoms with Gasteiger partial charge in [-0.15, -0.1) is 0 Å². The summed E-state index contributed by atoms with van der Waals surface area (Å²) in [6.45, 7) is 0. The molecule has 3 aromatic carbocycles. The van der Waals surface area contributed by atoms with Crippen LogP contribution in [0.5, 0.6) is 0 Å². The molecule has 0 aliphatic carbocycles. The van der Waals surface area contributed by atoms with Crippen molar-refractivity contribution >= 4 is 58.0 Å². The highest BCUT2D eigenvalue weighted by Gasteiger charge is 2.39. The molecule has 1 aliphatic heterocycles. The Bertz CT molecular complexity index is 1280. The smallest absolute Gasteiger partial charge is 0.283 e. The number of rotatable bonds is 5. The molecule has 160 valence electrons. The molecule has 0 radical (unpaired) electrons. The third-order valence-corrected chi connectivity index (χ3v) is 5.18. The fraction of sp³-hybridized carbons (Fsp3) is 0. The second-order valence-electron chi connectivity index (χ2n) is 6.78. The number of halogens is 3. The molecule has 9 heteroatoms. The molecule has 1 aliphatic rings. The van der Waals surface area contributed by atoms with Gasteiger partial charge in [0.15, 0.2) is 0 Å². The molecule has 0 bridgehead atoms. The Morgan fingerprint density at radius 1 is 0.844 bits per heavy atom. The zero-order valence-electron chi connectivity index (χ0n) is 16.2. The van der Waals surface area contributed by atoms with E-state index in [1.54, 1.807) is 36.4 Å². The quantitative estimate of drug-likeness (QED) is 0.505. The van der Waals surface area contributed by atoms with Crippen molar-refractivity contribution in [3.05, 3.63) is 99.9 Å². The summed E-state index contributed by atoms with van der Waals surface area (Å²) in [4.78, 5) is 38.9. The SMILES string of the molecule is O=C(Nc1ccc(F)cc1)c1cccc(NC2=C(Cl)C(=O)N(c3cccc(Cl)c3)C2=O)c1. The number of benzene rings is 3. The predicted molar refractivity (Wildman–Crippen MR) is 121 cm³/mol. The number of imide groups is 1. The predicted octanol–water partition coefficient (Wildman–Crippen LogP) is 5.17. The van der Waals surface area contributed by atoms with E-state index in [1.807, 2.05) is 0 Å². The minimum absolute atomic E-state index is 0.118. The van der Waals surface area contributed by atoms with Gasteiger partial charge in [0.25, 0.3) is 17.7 Å². The molecule has 3 aromatic rings. The maximum atomic E-state index is 13.0. The Morgan fingerprint density at radius 3 is 2.28 bits per heavy atom. The first-order valence-electron chi connectivity index (χ1n) is 9.31. The third-order valence-electron chi connectivity index (χ3n) is 4.59. The van der Waals surface area contributed by atoms with Crippen molar-refractivity contribution in [2.75, 3.05) is 15.5 Å². The maximum absolute atomic E-state index is 13.0. The topological polar surface area (TPSA) is 78.5 Å². The van der Waals surface area contributed by atoms with Gasteiger partial charge in [-0.25, -0.2) is 9.29 Å². The molecule has 0 spiro atoms. The Labute approximate surface area is 192 Å². The summed E-state index contributed by atoms with van der Waals surface area (Å²) < 4.78 is 13.0. The molecule has 0 atom stereocenters. The largest absolute Gasteiger partial charge is 0.350 e. The maximum Gasteiger partial charge on any atom is 0.283 e. The van der Waals surface area contributed by atoms with Crippen molar-refractivity contribution in [2.45, 2.75) is 0 Å². The average molecular weight is 470 g/mol. The summed E-state index contributed by atoms with van der Waals surface area (Å²) >= 11 is 12.1. The average Bonchev–Trinajstić information content (AvgIpc) is 2.98. The van der Waals surface area contributed by atoms with Gasteiger partial charge in [-0.3, -0.25) is 14.4 Å². The molecule has 1 heterocycles. The number of carbonyl (C=O) groups excluding carboxylic acids is 3. The Balaban J connectivity index is 1.54. The minimum Gasteiger partial charge on any atom is -0.350 e. The lowest BCUT2D eigenvalue weighted by Crippen LogP contribution is -2.32. The Hall–Kier alpha value is -3.68. The van der Waals surface area contributed by atoms with Gasteiger partial charge >= 0.3 is 0 Å². The van der Waals surface area contributed by atoms with E-state index in [9.17, 15) is 18.8 Å². The highest BCUT2D eigenvalue weighted by Crippen LogP contribution is 2.31. The zero-order valence-corrected chi connectivity index (χ0v) is 17.7. The van der Waals surface area contributed by atoms with Crippen LogP contribution in [0.4, 0.5) is 21.5 Å². The van der Waals surface area contributed by atoms with Crippen LogP contribution in [0, 0.1) is 5.82 Å². The molecule has 6 nitrogen and oxygen atoms in total. The van der Waals surface area contributed by atoms with Crippen molar-refractivity contribution in [2.24, 2.45) is 0 Å². The van der Waals surface area contributed by atoms with Crippen LogP contribution in [0.3, 0.4) is 0 Å². The van der Waals surface area contributed by atoms with Gasteiger partial charge in [-0.05, 0) is 60.7 Å². The number of anilines is 3. The molecule has 0 saturated heterocycles. The van der Waals surface area contributed by atoms with Crippen LogP contribution in [0.2, 0.25) is 5.02 Å².